The maximum absolute atomic E-state index is 13.0. The van der Waals surface area contributed by atoms with Crippen molar-refractivity contribution in [3.8, 4) is 0 Å². The van der Waals surface area contributed by atoms with Gasteiger partial charge in [0.25, 0.3) is 0 Å². The molecule has 88 valence electrons. The first kappa shape index (κ1) is 11.6. The molecule has 0 radical (unpaired) electrons. The molecule has 0 aromatic heterocycles. The molecule has 2 rings (SSSR count). The Balaban J connectivity index is 1.87. The minimum Gasteiger partial charge on any atom is -0.330 e. The third-order valence-corrected chi connectivity index (χ3v) is 3.34. The lowest BCUT2D eigenvalue weighted by atomic mass is 9.97. The van der Waals surface area contributed by atoms with E-state index in [4.69, 9.17) is 5.73 Å². The molecule has 1 heterocycles. The highest BCUT2D eigenvalue weighted by molar-refractivity contribution is 5.16. The van der Waals surface area contributed by atoms with Gasteiger partial charge in [-0.05, 0) is 56.1 Å². The zero-order chi connectivity index (χ0) is 11.4. The Morgan fingerprint density at radius 2 is 2.06 bits per heavy atom. The Bertz CT molecular complexity index is 332. The molecule has 0 unspecified atom stereocenters. The molecule has 0 bridgehead atoms. The Labute approximate surface area is 96.2 Å². The van der Waals surface area contributed by atoms with Crippen LogP contribution < -0.4 is 5.73 Å². The van der Waals surface area contributed by atoms with Gasteiger partial charge in [0.15, 0.2) is 0 Å². The van der Waals surface area contributed by atoms with Crippen molar-refractivity contribution < 1.29 is 4.39 Å². The maximum atomic E-state index is 13.0. The molecule has 16 heavy (non-hydrogen) atoms. The summed E-state index contributed by atoms with van der Waals surface area (Å²) in [6, 6.07) is 6.87. The molecular formula is C13H19FN2. The molecule has 3 heteroatoms. The smallest absolute Gasteiger partial charge is 0.123 e. The van der Waals surface area contributed by atoms with Crippen LogP contribution in [0.15, 0.2) is 24.3 Å². The Morgan fingerprint density at radius 1 is 1.31 bits per heavy atom. The molecule has 1 aromatic carbocycles. The van der Waals surface area contributed by atoms with Gasteiger partial charge in [0.2, 0.25) is 0 Å². The minimum atomic E-state index is -0.144. The van der Waals surface area contributed by atoms with Crippen molar-refractivity contribution in [1.82, 2.24) is 4.90 Å². The summed E-state index contributed by atoms with van der Waals surface area (Å²) < 4.78 is 13.0. The van der Waals surface area contributed by atoms with Gasteiger partial charge in [-0.3, -0.25) is 4.90 Å². The lowest BCUT2D eigenvalue weighted by Crippen LogP contribution is -2.35. The third kappa shape index (κ3) is 3.03. The molecule has 1 fully saturated rings. The number of nitrogens with two attached hydrogens (primary N) is 1. The van der Waals surface area contributed by atoms with Gasteiger partial charge < -0.3 is 5.73 Å². The summed E-state index contributed by atoms with van der Waals surface area (Å²) in [4.78, 5) is 2.38. The van der Waals surface area contributed by atoms with Crippen LogP contribution in [0.4, 0.5) is 4.39 Å². The minimum absolute atomic E-state index is 0.144. The number of hydrogen-bond acceptors (Lipinski definition) is 2. The van der Waals surface area contributed by atoms with E-state index in [1.165, 1.54) is 18.9 Å². The third-order valence-electron chi connectivity index (χ3n) is 3.34. The molecular weight excluding hydrogens is 203 g/mol. The van der Waals surface area contributed by atoms with Crippen LogP contribution in [0, 0.1) is 11.7 Å². The fraction of sp³-hybridized carbons (Fsp3) is 0.538. The van der Waals surface area contributed by atoms with E-state index in [1.54, 1.807) is 12.1 Å². The van der Waals surface area contributed by atoms with E-state index in [0.29, 0.717) is 5.92 Å². The summed E-state index contributed by atoms with van der Waals surface area (Å²) in [6.07, 6.45) is 2.34. The average molecular weight is 222 g/mol. The first-order valence-electron chi connectivity index (χ1n) is 5.95. The zero-order valence-electron chi connectivity index (χ0n) is 9.53. The molecule has 1 aliphatic heterocycles. The summed E-state index contributed by atoms with van der Waals surface area (Å²) in [5.74, 6) is 0.540. The fourth-order valence-electron chi connectivity index (χ4n) is 2.27. The molecule has 0 amide bonds. The van der Waals surface area contributed by atoms with Crippen LogP contribution in [0.1, 0.15) is 18.4 Å². The number of benzene rings is 1. The zero-order valence-corrected chi connectivity index (χ0v) is 9.53. The van der Waals surface area contributed by atoms with E-state index in [0.717, 1.165) is 31.7 Å². The molecule has 1 aromatic rings. The quantitative estimate of drug-likeness (QED) is 0.847. The monoisotopic (exact) mass is 222 g/mol. The first-order chi connectivity index (χ1) is 7.78. The highest BCUT2D eigenvalue weighted by atomic mass is 19.1. The van der Waals surface area contributed by atoms with Crippen LogP contribution in [0.3, 0.4) is 0 Å². The Morgan fingerprint density at radius 3 is 2.69 bits per heavy atom. The summed E-state index contributed by atoms with van der Waals surface area (Å²) in [6.45, 7) is 3.82. The van der Waals surface area contributed by atoms with Crippen molar-refractivity contribution in [1.29, 1.82) is 0 Å². The topological polar surface area (TPSA) is 29.3 Å². The van der Waals surface area contributed by atoms with Crippen LogP contribution in [0.5, 0.6) is 0 Å². The van der Waals surface area contributed by atoms with E-state index in [2.05, 4.69) is 4.90 Å². The van der Waals surface area contributed by atoms with Crippen LogP contribution in [0.25, 0.3) is 0 Å². The van der Waals surface area contributed by atoms with Crippen LogP contribution in [-0.2, 0) is 6.54 Å². The number of nitrogens with zero attached hydrogens (tertiary/aromatic N) is 1. The SMILES string of the molecule is NCC1CCN(Cc2cccc(F)c2)CC1. The number of piperidine rings is 1. The van der Waals surface area contributed by atoms with Gasteiger partial charge in [0.1, 0.15) is 5.82 Å². The second kappa shape index (κ2) is 5.41. The summed E-state index contributed by atoms with van der Waals surface area (Å²) in [5.41, 5.74) is 6.71. The van der Waals surface area contributed by atoms with E-state index in [-0.39, 0.29) is 5.82 Å². The van der Waals surface area contributed by atoms with Gasteiger partial charge in [-0.1, -0.05) is 12.1 Å². The lowest BCUT2D eigenvalue weighted by Gasteiger charge is -2.31. The summed E-state index contributed by atoms with van der Waals surface area (Å²) in [7, 11) is 0. The van der Waals surface area contributed by atoms with Gasteiger partial charge in [-0.2, -0.15) is 0 Å². The Kier molecular flexibility index (Phi) is 3.91. The van der Waals surface area contributed by atoms with Crippen molar-refractivity contribution in [2.75, 3.05) is 19.6 Å². The lowest BCUT2D eigenvalue weighted by molar-refractivity contribution is 0.180. The second-order valence-electron chi connectivity index (χ2n) is 4.59. The van der Waals surface area contributed by atoms with Crippen LogP contribution in [-0.4, -0.2) is 24.5 Å². The number of likely N-dealkylation sites (tertiary alicyclic amines) is 1. The van der Waals surface area contributed by atoms with Gasteiger partial charge in [0, 0.05) is 6.54 Å². The molecule has 0 spiro atoms. The molecule has 0 aliphatic carbocycles. The summed E-state index contributed by atoms with van der Waals surface area (Å²) in [5, 5.41) is 0. The van der Waals surface area contributed by atoms with Crippen molar-refractivity contribution >= 4 is 0 Å². The first-order valence-corrected chi connectivity index (χ1v) is 5.95. The van der Waals surface area contributed by atoms with Gasteiger partial charge in [0.05, 0.1) is 0 Å². The van der Waals surface area contributed by atoms with Gasteiger partial charge >= 0.3 is 0 Å². The molecule has 2 N–H and O–H groups in total. The van der Waals surface area contributed by atoms with Gasteiger partial charge in [-0.15, -0.1) is 0 Å². The van der Waals surface area contributed by atoms with E-state index in [9.17, 15) is 4.39 Å². The van der Waals surface area contributed by atoms with Crippen LogP contribution >= 0.6 is 0 Å². The standard InChI is InChI=1S/C13H19FN2/c14-13-3-1-2-12(8-13)10-16-6-4-11(9-15)5-7-16/h1-3,8,11H,4-7,9-10,15H2. The molecule has 1 aliphatic rings. The molecule has 0 saturated carbocycles. The largest absolute Gasteiger partial charge is 0.330 e. The number of hydrogen-bond donors (Lipinski definition) is 1. The average Bonchev–Trinajstić information content (AvgIpc) is 2.30. The van der Waals surface area contributed by atoms with Crippen molar-refractivity contribution in [3.05, 3.63) is 35.6 Å². The normalized spacial score (nSPS) is 18.9. The van der Waals surface area contributed by atoms with E-state index < -0.39 is 0 Å². The van der Waals surface area contributed by atoms with E-state index in [1.807, 2.05) is 6.07 Å². The van der Waals surface area contributed by atoms with Gasteiger partial charge in [-0.25, -0.2) is 4.39 Å². The maximum Gasteiger partial charge on any atom is 0.123 e. The Hall–Kier alpha value is -0.930. The predicted octanol–water partition coefficient (Wildman–Crippen LogP) is 2.00. The fourth-order valence-corrected chi connectivity index (χ4v) is 2.27. The number of halogens is 1. The van der Waals surface area contributed by atoms with Crippen molar-refractivity contribution in [3.63, 3.8) is 0 Å². The summed E-state index contributed by atoms with van der Waals surface area (Å²) >= 11 is 0. The highest BCUT2D eigenvalue weighted by Crippen LogP contribution is 2.18. The molecule has 2 nitrogen and oxygen atoms in total. The predicted molar refractivity (Wildman–Crippen MR) is 63.5 cm³/mol. The van der Waals surface area contributed by atoms with Crippen molar-refractivity contribution in [2.45, 2.75) is 19.4 Å². The molecule has 0 atom stereocenters. The molecule has 1 saturated heterocycles. The van der Waals surface area contributed by atoms with E-state index >= 15 is 0 Å². The highest BCUT2D eigenvalue weighted by Gasteiger charge is 2.17. The second-order valence-corrected chi connectivity index (χ2v) is 4.59. The number of rotatable bonds is 3. The van der Waals surface area contributed by atoms with Crippen LogP contribution in [0.2, 0.25) is 0 Å². The van der Waals surface area contributed by atoms with Crippen molar-refractivity contribution in [2.24, 2.45) is 11.7 Å².